The number of aliphatic hydroxyl groups is 1. The summed E-state index contributed by atoms with van der Waals surface area (Å²) in [6.07, 6.45) is 0. The molecule has 25 heavy (non-hydrogen) atoms. The third-order valence-corrected chi connectivity index (χ3v) is 4.94. The van der Waals surface area contributed by atoms with Crippen molar-refractivity contribution in [2.75, 3.05) is 26.2 Å². The molecule has 1 aromatic carbocycles. The van der Waals surface area contributed by atoms with Crippen LogP contribution in [-0.2, 0) is 15.1 Å². The second kappa shape index (κ2) is 9.38. The van der Waals surface area contributed by atoms with E-state index in [4.69, 9.17) is 4.74 Å². The predicted molar refractivity (Wildman–Crippen MR) is 100 cm³/mol. The Morgan fingerprint density at radius 3 is 2.48 bits per heavy atom. The van der Waals surface area contributed by atoms with Crippen LogP contribution in [0.25, 0.3) is 0 Å². The van der Waals surface area contributed by atoms with Gasteiger partial charge < -0.3 is 9.84 Å². The molecule has 0 aliphatic carbocycles. The number of ether oxygens (including phenoxy) is 1. The van der Waals surface area contributed by atoms with E-state index in [2.05, 4.69) is 30.6 Å². The van der Waals surface area contributed by atoms with Crippen LogP contribution in [0.2, 0.25) is 0 Å². The molecule has 2 aromatic rings. The van der Waals surface area contributed by atoms with Gasteiger partial charge in [0.2, 0.25) is 5.60 Å². The summed E-state index contributed by atoms with van der Waals surface area (Å²) in [6.45, 7) is 6.60. The van der Waals surface area contributed by atoms with Gasteiger partial charge in [-0.15, -0.1) is 11.3 Å². The highest BCUT2D eigenvalue weighted by Gasteiger charge is 2.42. The highest BCUT2D eigenvalue weighted by atomic mass is 32.1. The maximum atomic E-state index is 12.6. The first kappa shape index (κ1) is 19.2. The molecule has 4 nitrogen and oxygen atoms in total. The van der Waals surface area contributed by atoms with Crippen LogP contribution in [0.3, 0.4) is 0 Å². The Kier molecular flexibility index (Phi) is 7.20. The van der Waals surface area contributed by atoms with Crippen LogP contribution in [0.4, 0.5) is 0 Å². The van der Waals surface area contributed by atoms with Crippen LogP contribution in [0.5, 0.6) is 0 Å². The first-order chi connectivity index (χ1) is 12.1. The van der Waals surface area contributed by atoms with Gasteiger partial charge in [0.1, 0.15) is 0 Å². The average Bonchev–Trinajstić information content (AvgIpc) is 3.19. The molecule has 5 heteroatoms. The average molecular weight is 357 g/mol. The number of esters is 1. The molecule has 2 rings (SSSR count). The number of carbonyl (C=O) groups is 1. The van der Waals surface area contributed by atoms with Crippen molar-refractivity contribution in [3.05, 3.63) is 58.3 Å². The van der Waals surface area contributed by atoms with E-state index in [0.29, 0.717) is 17.0 Å². The largest absolute Gasteiger partial charge is 0.450 e. The van der Waals surface area contributed by atoms with E-state index in [9.17, 15) is 9.90 Å². The van der Waals surface area contributed by atoms with Gasteiger partial charge in [-0.25, -0.2) is 4.79 Å². The van der Waals surface area contributed by atoms with Crippen molar-refractivity contribution in [3.63, 3.8) is 0 Å². The summed E-state index contributed by atoms with van der Waals surface area (Å²) in [7, 11) is 0. The summed E-state index contributed by atoms with van der Waals surface area (Å²) in [5.41, 5.74) is -1.32. The first-order valence-electron chi connectivity index (χ1n) is 8.30. The minimum absolute atomic E-state index is 0.0411. The lowest BCUT2D eigenvalue weighted by Gasteiger charge is -2.24. The zero-order chi connectivity index (χ0) is 18.1. The fourth-order valence-electron chi connectivity index (χ4n) is 2.40. The Labute approximate surface area is 153 Å². The number of thiophene rings is 1. The lowest BCUT2D eigenvalue weighted by Crippen LogP contribution is -2.38. The molecule has 0 fully saturated rings. The van der Waals surface area contributed by atoms with Crippen molar-refractivity contribution < 1.29 is 14.6 Å². The van der Waals surface area contributed by atoms with Gasteiger partial charge in [0.05, 0.1) is 11.4 Å². The van der Waals surface area contributed by atoms with E-state index < -0.39 is 11.6 Å². The van der Waals surface area contributed by atoms with Gasteiger partial charge in [0.15, 0.2) is 6.61 Å². The molecule has 0 saturated heterocycles. The van der Waals surface area contributed by atoms with Crippen molar-refractivity contribution in [2.45, 2.75) is 19.4 Å². The monoisotopic (exact) mass is 357 g/mol. The third-order valence-electron chi connectivity index (χ3n) is 3.96. The van der Waals surface area contributed by atoms with Crippen molar-refractivity contribution in [1.82, 2.24) is 4.90 Å². The Hall–Kier alpha value is -2.13. The second-order valence-corrected chi connectivity index (χ2v) is 6.39. The summed E-state index contributed by atoms with van der Waals surface area (Å²) in [6, 6.07) is 12.4. The van der Waals surface area contributed by atoms with E-state index in [-0.39, 0.29) is 6.61 Å². The number of benzene rings is 1. The van der Waals surface area contributed by atoms with Crippen molar-refractivity contribution in [3.8, 4) is 11.8 Å². The van der Waals surface area contributed by atoms with Crippen LogP contribution in [-0.4, -0.2) is 42.2 Å². The van der Waals surface area contributed by atoms with Crippen molar-refractivity contribution in [2.24, 2.45) is 0 Å². The highest BCUT2D eigenvalue weighted by molar-refractivity contribution is 7.10. The maximum absolute atomic E-state index is 12.6. The zero-order valence-electron chi connectivity index (χ0n) is 14.6. The second-order valence-electron chi connectivity index (χ2n) is 5.44. The van der Waals surface area contributed by atoms with Gasteiger partial charge >= 0.3 is 5.97 Å². The summed E-state index contributed by atoms with van der Waals surface area (Å²) in [4.78, 5) is 15.3. The third kappa shape index (κ3) is 4.70. The topological polar surface area (TPSA) is 49.8 Å². The smallest absolute Gasteiger partial charge is 0.349 e. The van der Waals surface area contributed by atoms with Crippen LogP contribution in [0.1, 0.15) is 24.3 Å². The number of hydrogen-bond acceptors (Lipinski definition) is 5. The predicted octanol–water partition coefficient (Wildman–Crippen LogP) is 2.87. The molecular weight excluding hydrogens is 334 g/mol. The summed E-state index contributed by atoms with van der Waals surface area (Å²) in [5, 5.41) is 12.9. The molecule has 1 aromatic heterocycles. The number of carbonyl (C=O) groups excluding carboxylic acids is 1. The van der Waals surface area contributed by atoms with Gasteiger partial charge in [-0.1, -0.05) is 62.1 Å². The van der Waals surface area contributed by atoms with Crippen molar-refractivity contribution in [1.29, 1.82) is 0 Å². The molecule has 0 saturated carbocycles. The van der Waals surface area contributed by atoms with E-state index in [1.807, 2.05) is 11.4 Å². The minimum Gasteiger partial charge on any atom is -0.450 e. The van der Waals surface area contributed by atoms with Crippen LogP contribution in [0.15, 0.2) is 47.8 Å². The Bertz CT molecular complexity index is 714. The fraction of sp³-hybridized carbons (Fsp3) is 0.350. The zero-order valence-corrected chi connectivity index (χ0v) is 15.4. The molecule has 1 heterocycles. The SMILES string of the molecule is CCN(CC)CC#CCOC(=O)C(O)(c1ccccc1)c1cccs1. The lowest BCUT2D eigenvalue weighted by atomic mass is 9.92. The summed E-state index contributed by atoms with van der Waals surface area (Å²) < 4.78 is 5.26. The van der Waals surface area contributed by atoms with Gasteiger partial charge in [-0.05, 0) is 24.5 Å². The molecule has 1 unspecified atom stereocenters. The van der Waals surface area contributed by atoms with E-state index in [1.165, 1.54) is 11.3 Å². The van der Waals surface area contributed by atoms with Crippen LogP contribution in [0, 0.1) is 11.8 Å². The quantitative estimate of drug-likeness (QED) is 0.611. The van der Waals surface area contributed by atoms with Crippen molar-refractivity contribution >= 4 is 17.3 Å². The van der Waals surface area contributed by atoms with Crippen LogP contribution < -0.4 is 0 Å². The van der Waals surface area contributed by atoms with Crippen LogP contribution >= 0.6 is 11.3 Å². The molecule has 1 atom stereocenters. The molecular formula is C20H23NO3S. The number of nitrogens with zero attached hydrogens (tertiary/aromatic N) is 1. The molecule has 0 spiro atoms. The highest BCUT2D eigenvalue weighted by Crippen LogP contribution is 2.33. The van der Waals surface area contributed by atoms with E-state index in [0.717, 1.165) is 13.1 Å². The first-order valence-corrected chi connectivity index (χ1v) is 9.18. The normalized spacial score (nSPS) is 13.0. The fourth-order valence-corrected chi connectivity index (χ4v) is 3.23. The minimum atomic E-state index is -1.81. The number of hydrogen-bond donors (Lipinski definition) is 1. The molecule has 0 bridgehead atoms. The Morgan fingerprint density at radius 2 is 1.88 bits per heavy atom. The van der Waals surface area contributed by atoms with E-state index >= 15 is 0 Å². The maximum Gasteiger partial charge on any atom is 0.349 e. The van der Waals surface area contributed by atoms with Gasteiger partial charge in [-0.3, -0.25) is 4.90 Å². The Balaban J connectivity index is 2.09. The van der Waals surface area contributed by atoms with Gasteiger partial charge in [0, 0.05) is 5.56 Å². The van der Waals surface area contributed by atoms with Gasteiger partial charge in [-0.2, -0.15) is 0 Å². The number of rotatable bonds is 7. The lowest BCUT2D eigenvalue weighted by molar-refractivity contribution is -0.160. The summed E-state index contributed by atoms with van der Waals surface area (Å²) in [5.74, 6) is 5.12. The standard InChI is InChI=1S/C20H23NO3S/c1-3-21(4-2)14-8-9-15-24-19(22)20(23,18-13-10-16-25-18)17-11-6-5-7-12-17/h5-7,10-13,16,23H,3-4,14-15H2,1-2H3. The van der Waals surface area contributed by atoms with Gasteiger partial charge in [0.25, 0.3) is 0 Å². The van der Waals surface area contributed by atoms with E-state index in [1.54, 1.807) is 36.4 Å². The molecule has 132 valence electrons. The molecule has 0 radical (unpaired) electrons. The molecule has 1 N–H and O–H groups in total. The molecule has 0 aliphatic rings. The summed E-state index contributed by atoms with van der Waals surface area (Å²) >= 11 is 1.31. The Morgan fingerprint density at radius 1 is 1.16 bits per heavy atom. The molecule has 0 amide bonds. The molecule has 0 aliphatic heterocycles.